The predicted molar refractivity (Wildman–Crippen MR) is 111 cm³/mol. The number of benzene rings is 2. The van der Waals surface area contributed by atoms with E-state index >= 15 is 0 Å². The Labute approximate surface area is 164 Å². The topological polar surface area (TPSA) is 83.1 Å². The maximum absolute atomic E-state index is 12.3. The van der Waals surface area contributed by atoms with Crippen LogP contribution < -0.4 is 16.0 Å². The van der Waals surface area contributed by atoms with Gasteiger partial charge in [0.2, 0.25) is 5.91 Å². The molecule has 0 fully saturated rings. The Balaban J connectivity index is 1.59. The number of aryl methyl sites for hydroxylation is 1. The first kappa shape index (κ1) is 19.1. The Bertz CT molecular complexity index is 967. The Morgan fingerprint density at radius 2 is 1.71 bits per heavy atom. The summed E-state index contributed by atoms with van der Waals surface area (Å²) in [6.07, 6.45) is 1.53. The van der Waals surface area contributed by atoms with Gasteiger partial charge in [-0.25, -0.2) is 4.98 Å². The van der Waals surface area contributed by atoms with Crippen molar-refractivity contribution in [1.82, 2.24) is 10.3 Å². The maximum Gasteiger partial charge on any atom is 0.253 e. The Hall–Kier alpha value is -3.67. The van der Waals surface area contributed by atoms with Crippen molar-refractivity contribution in [3.8, 4) is 0 Å². The molecule has 6 nitrogen and oxygen atoms in total. The molecule has 2 amide bonds. The second-order valence-electron chi connectivity index (χ2n) is 6.49. The van der Waals surface area contributed by atoms with E-state index in [4.69, 9.17) is 0 Å². The number of nitrogens with one attached hydrogen (secondary N) is 3. The molecule has 0 unspecified atom stereocenters. The van der Waals surface area contributed by atoms with E-state index < -0.39 is 0 Å². The molecular weight excluding hydrogens is 352 g/mol. The molecule has 0 radical (unpaired) electrons. The quantitative estimate of drug-likeness (QED) is 0.608. The molecule has 0 spiro atoms. The van der Waals surface area contributed by atoms with E-state index in [1.807, 2.05) is 55.5 Å². The third kappa shape index (κ3) is 5.41. The normalized spacial score (nSPS) is 10.2. The highest BCUT2D eigenvalue weighted by Crippen LogP contribution is 2.19. The van der Waals surface area contributed by atoms with E-state index in [0.717, 1.165) is 11.3 Å². The number of rotatable bonds is 6. The number of hydrogen-bond acceptors (Lipinski definition) is 4. The Morgan fingerprint density at radius 3 is 2.39 bits per heavy atom. The van der Waals surface area contributed by atoms with Crippen LogP contribution in [0.4, 0.5) is 17.2 Å². The van der Waals surface area contributed by atoms with Gasteiger partial charge in [-0.05, 0) is 42.8 Å². The van der Waals surface area contributed by atoms with Crippen molar-refractivity contribution >= 4 is 29.0 Å². The van der Waals surface area contributed by atoms with E-state index in [-0.39, 0.29) is 11.8 Å². The lowest BCUT2D eigenvalue weighted by molar-refractivity contribution is -0.114. The van der Waals surface area contributed by atoms with Crippen LogP contribution in [0.15, 0.2) is 66.9 Å². The van der Waals surface area contributed by atoms with Crippen molar-refractivity contribution in [2.75, 3.05) is 10.6 Å². The van der Waals surface area contributed by atoms with Crippen molar-refractivity contribution < 1.29 is 9.59 Å². The van der Waals surface area contributed by atoms with Crippen LogP contribution in [0.2, 0.25) is 0 Å². The molecule has 1 aromatic heterocycles. The smallest absolute Gasteiger partial charge is 0.253 e. The average molecular weight is 374 g/mol. The zero-order valence-corrected chi connectivity index (χ0v) is 15.8. The fourth-order valence-corrected chi connectivity index (χ4v) is 2.62. The second kappa shape index (κ2) is 8.81. The van der Waals surface area contributed by atoms with Gasteiger partial charge in [-0.15, -0.1) is 0 Å². The minimum Gasteiger partial charge on any atom is -0.348 e. The van der Waals surface area contributed by atoms with Gasteiger partial charge in [-0.3, -0.25) is 9.59 Å². The molecule has 0 bridgehead atoms. The van der Waals surface area contributed by atoms with Gasteiger partial charge in [0.25, 0.3) is 5.91 Å². The van der Waals surface area contributed by atoms with E-state index in [1.165, 1.54) is 18.7 Å². The highest BCUT2D eigenvalue weighted by molar-refractivity contribution is 5.94. The number of carbonyl (C=O) groups is 2. The predicted octanol–water partition coefficient (Wildman–Crippen LogP) is 4.02. The number of amides is 2. The van der Waals surface area contributed by atoms with E-state index in [0.29, 0.717) is 23.6 Å². The summed E-state index contributed by atoms with van der Waals surface area (Å²) in [6.45, 7) is 3.96. The van der Waals surface area contributed by atoms with Crippen LogP contribution in [-0.4, -0.2) is 16.8 Å². The average Bonchev–Trinajstić information content (AvgIpc) is 2.68. The summed E-state index contributed by atoms with van der Waals surface area (Å²) in [5.74, 6) is 0.304. The molecule has 0 aliphatic rings. The van der Waals surface area contributed by atoms with E-state index in [1.54, 1.807) is 12.1 Å². The van der Waals surface area contributed by atoms with Crippen molar-refractivity contribution in [2.45, 2.75) is 20.4 Å². The third-order valence-corrected chi connectivity index (χ3v) is 4.05. The van der Waals surface area contributed by atoms with Gasteiger partial charge in [0.15, 0.2) is 0 Å². The van der Waals surface area contributed by atoms with Gasteiger partial charge in [-0.1, -0.05) is 35.9 Å². The van der Waals surface area contributed by atoms with E-state index in [9.17, 15) is 9.59 Å². The summed E-state index contributed by atoms with van der Waals surface area (Å²) in [6, 6.07) is 18.8. The first-order chi connectivity index (χ1) is 13.5. The van der Waals surface area contributed by atoms with Gasteiger partial charge >= 0.3 is 0 Å². The zero-order chi connectivity index (χ0) is 19.9. The fourth-order valence-electron chi connectivity index (χ4n) is 2.62. The molecule has 0 aliphatic carbocycles. The number of aromatic nitrogens is 1. The fraction of sp³-hybridized carbons (Fsp3) is 0.136. The van der Waals surface area contributed by atoms with Crippen LogP contribution in [0.1, 0.15) is 28.4 Å². The lowest BCUT2D eigenvalue weighted by atomic mass is 10.1. The van der Waals surface area contributed by atoms with Crippen LogP contribution in [-0.2, 0) is 11.3 Å². The van der Waals surface area contributed by atoms with Crippen LogP contribution in [0.25, 0.3) is 0 Å². The summed E-state index contributed by atoms with van der Waals surface area (Å²) < 4.78 is 0. The summed E-state index contributed by atoms with van der Waals surface area (Å²) >= 11 is 0. The molecular formula is C22H22N4O2. The van der Waals surface area contributed by atoms with Crippen molar-refractivity contribution in [2.24, 2.45) is 0 Å². The number of anilines is 3. The molecule has 2 aromatic carbocycles. The summed E-state index contributed by atoms with van der Waals surface area (Å²) in [5, 5.41) is 8.78. The highest BCUT2D eigenvalue weighted by atomic mass is 16.2. The van der Waals surface area contributed by atoms with Gasteiger partial charge in [0, 0.05) is 31.0 Å². The Morgan fingerprint density at radius 1 is 0.964 bits per heavy atom. The number of hydrogen-bond donors (Lipinski definition) is 3. The molecule has 3 rings (SSSR count). The monoisotopic (exact) mass is 374 g/mol. The molecule has 28 heavy (non-hydrogen) atoms. The molecule has 0 saturated heterocycles. The SMILES string of the molecule is CC(=O)Nc1cccc(Nc2ccc(C(=O)NCc3ccc(C)cc3)cn2)c1. The maximum atomic E-state index is 12.3. The number of nitrogens with zero attached hydrogens (tertiary/aromatic N) is 1. The Kier molecular flexibility index (Phi) is 6.01. The number of carbonyl (C=O) groups excluding carboxylic acids is 2. The van der Waals surface area contributed by atoms with Crippen LogP contribution in [0, 0.1) is 6.92 Å². The molecule has 0 saturated carbocycles. The summed E-state index contributed by atoms with van der Waals surface area (Å²) in [5.41, 5.74) is 4.21. The molecule has 6 heteroatoms. The van der Waals surface area contributed by atoms with Gasteiger partial charge in [0.1, 0.15) is 5.82 Å². The largest absolute Gasteiger partial charge is 0.348 e. The minimum absolute atomic E-state index is 0.128. The lowest BCUT2D eigenvalue weighted by Crippen LogP contribution is -2.22. The van der Waals surface area contributed by atoms with Crippen molar-refractivity contribution in [3.05, 3.63) is 83.6 Å². The van der Waals surface area contributed by atoms with Crippen LogP contribution >= 0.6 is 0 Å². The molecule has 3 N–H and O–H groups in total. The number of pyridine rings is 1. The summed E-state index contributed by atoms with van der Waals surface area (Å²) in [7, 11) is 0. The molecule has 142 valence electrons. The highest BCUT2D eigenvalue weighted by Gasteiger charge is 2.07. The van der Waals surface area contributed by atoms with Gasteiger partial charge in [0.05, 0.1) is 5.56 Å². The molecule has 0 aliphatic heterocycles. The molecule has 0 atom stereocenters. The zero-order valence-electron chi connectivity index (χ0n) is 15.8. The second-order valence-corrected chi connectivity index (χ2v) is 6.49. The first-order valence-corrected chi connectivity index (χ1v) is 8.94. The molecule has 3 aromatic rings. The van der Waals surface area contributed by atoms with E-state index in [2.05, 4.69) is 20.9 Å². The van der Waals surface area contributed by atoms with Crippen LogP contribution in [0.5, 0.6) is 0 Å². The summed E-state index contributed by atoms with van der Waals surface area (Å²) in [4.78, 5) is 27.7. The first-order valence-electron chi connectivity index (χ1n) is 8.94. The standard InChI is InChI=1S/C22H22N4O2/c1-15-6-8-17(9-7-15)13-24-22(28)18-10-11-21(23-14-18)26-20-5-3-4-19(12-20)25-16(2)27/h3-12,14H,13H2,1-2H3,(H,23,26)(H,24,28)(H,25,27). The minimum atomic E-state index is -0.174. The molecule has 1 heterocycles. The van der Waals surface area contributed by atoms with Crippen molar-refractivity contribution in [1.29, 1.82) is 0 Å². The van der Waals surface area contributed by atoms with Gasteiger partial charge in [-0.2, -0.15) is 0 Å². The van der Waals surface area contributed by atoms with Gasteiger partial charge < -0.3 is 16.0 Å². The van der Waals surface area contributed by atoms with Crippen LogP contribution in [0.3, 0.4) is 0 Å². The lowest BCUT2D eigenvalue weighted by Gasteiger charge is -2.09. The van der Waals surface area contributed by atoms with Crippen molar-refractivity contribution in [3.63, 3.8) is 0 Å². The third-order valence-electron chi connectivity index (χ3n) is 4.05.